The summed E-state index contributed by atoms with van der Waals surface area (Å²) in [7, 11) is 2.52. The van der Waals surface area contributed by atoms with Crippen LogP contribution >= 0.6 is 0 Å². The fraction of sp³-hybridized carbons (Fsp3) is 0.273. The molecule has 0 aliphatic carbocycles. The van der Waals surface area contributed by atoms with Gasteiger partial charge in [0.2, 0.25) is 0 Å². The maximum atomic E-state index is 13.3. The number of rotatable bonds is 4. The molecule has 0 spiro atoms. The molecule has 0 heterocycles. The number of hydrogen-bond donors (Lipinski definition) is 0. The standard InChI is InChI=1S/C11H11FO4/c1-15-10-4-8(6-13)7(3-9(10)12)5-11(14)16-2/h3-4,6H,5H2,1-2H3. The minimum Gasteiger partial charge on any atom is -0.494 e. The van der Waals surface area contributed by atoms with Gasteiger partial charge in [0.25, 0.3) is 0 Å². The first-order chi connectivity index (χ1) is 7.62. The molecule has 0 amide bonds. The minimum atomic E-state index is -0.619. The number of aldehydes is 1. The number of hydrogen-bond acceptors (Lipinski definition) is 4. The molecule has 16 heavy (non-hydrogen) atoms. The molecule has 0 aliphatic rings. The molecule has 1 rings (SSSR count). The smallest absolute Gasteiger partial charge is 0.310 e. The van der Waals surface area contributed by atoms with Gasteiger partial charge in [-0.25, -0.2) is 4.39 Å². The molecule has 0 saturated carbocycles. The highest BCUT2D eigenvalue weighted by Gasteiger charge is 2.13. The zero-order valence-electron chi connectivity index (χ0n) is 8.95. The summed E-state index contributed by atoms with van der Waals surface area (Å²) in [6, 6.07) is 2.35. The molecule has 0 saturated heterocycles. The Morgan fingerprint density at radius 3 is 2.62 bits per heavy atom. The summed E-state index contributed by atoms with van der Waals surface area (Å²) in [5.41, 5.74) is 0.490. The van der Waals surface area contributed by atoms with Crippen molar-refractivity contribution >= 4 is 12.3 Å². The summed E-state index contributed by atoms with van der Waals surface area (Å²) in [6.07, 6.45) is 0.395. The van der Waals surface area contributed by atoms with E-state index < -0.39 is 11.8 Å². The van der Waals surface area contributed by atoms with Crippen LogP contribution < -0.4 is 4.74 Å². The average molecular weight is 226 g/mol. The monoisotopic (exact) mass is 226 g/mol. The van der Waals surface area contributed by atoms with Gasteiger partial charge in [-0.2, -0.15) is 0 Å². The van der Waals surface area contributed by atoms with E-state index in [9.17, 15) is 14.0 Å². The summed E-state index contributed by atoms with van der Waals surface area (Å²) in [5.74, 6) is -1.18. The number of benzene rings is 1. The van der Waals surface area contributed by atoms with Gasteiger partial charge in [0, 0.05) is 5.56 Å². The molecule has 0 atom stereocenters. The van der Waals surface area contributed by atoms with E-state index in [2.05, 4.69) is 4.74 Å². The van der Waals surface area contributed by atoms with Crippen molar-refractivity contribution in [3.8, 4) is 5.75 Å². The van der Waals surface area contributed by atoms with Crippen LogP contribution in [-0.2, 0) is 16.0 Å². The topological polar surface area (TPSA) is 52.6 Å². The fourth-order valence-electron chi connectivity index (χ4n) is 1.26. The third kappa shape index (κ3) is 2.56. The van der Waals surface area contributed by atoms with Gasteiger partial charge in [-0.05, 0) is 17.7 Å². The van der Waals surface area contributed by atoms with Crippen LogP contribution in [0.3, 0.4) is 0 Å². The molecule has 0 bridgehead atoms. The molecule has 0 unspecified atom stereocenters. The summed E-state index contributed by atoms with van der Waals surface area (Å²) >= 11 is 0. The third-order valence-electron chi connectivity index (χ3n) is 2.10. The van der Waals surface area contributed by atoms with E-state index in [1.54, 1.807) is 0 Å². The van der Waals surface area contributed by atoms with E-state index >= 15 is 0 Å². The SMILES string of the molecule is COC(=O)Cc1cc(F)c(OC)cc1C=O. The van der Waals surface area contributed by atoms with Gasteiger partial charge in [-0.1, -0.05) is 0 Å². The first-order valence-electron chi connectivity index (χ1n) is 4.50. The number of ether oxygens (including phenoxy) is 2. The third-order valence-corrected chi connectivity index (χ3v) is 2.10. The van der Waals surface area contributed by atoms with Crippen molar-refractivity contribution in [2.24, 2.45) is 0 Å². The second-order valence-electron chi connectivity index (χ2n) is 3.06. The molecule has 1 aromatic carbocycles. The van der Waals surface area contributed by atoms with E-state index in [1.807, 2.05) is 0 Å². The van der Waals surface area contributed by atoms with Crippen LogP contribution in [0, 0.1) is 5.82 Å². The Morgan fingerprint density at radius 1 is 1.44 bits per heavy atom. The molecule has 1 aromatic rings. The van der Waals surface area contributed by atoms with Gasteiger partial charge < -0.3 is 9.47 Å². The van der Waals surface area contributed by atoms with Crippen molar-refractivity contribution in [1.29, 1.82) is 0 Å². The van der Waals surface area contributed by atoms with Crippen LogP contribution in [0.25, 0.3) is 0 Å². The molecular formula is C11H11FO4. The lowest BCUT2D eigenvalue weighted by atomic mass is 10.0. The van der Waals surface area contributed by atoms with Gasteiger partial charge in [0.05, 0.1) is 20.6 Å². The highest BCUT2D eigenvalue weighted by molar-refractivity contribution is 5.82. The second kappa shape index (κ2) is 5.25. The summed E-state index contributed by atoms with van der Waals surface area (Å²) in [5, 5.41) is 0. The number of esters is 1. The lowest BCUT2D eigenvalue weighted by Gasteiger charge is -2.07. The lowest BCUT2D eigenvalue weighted by Crippen LogP contribution is -2.07. The second-order valence-corrected chi connectivity index (χ2v) is 3.06. The van der Waals surface area contributed by atoms with E-state index in [-0.39, 0.29) is 23.3 Å². The Kier molecular flexibility index (Phi) is 3.99. The molecular weight excluding hydrogens is 215 g/mol. The average Bonchev–Trinajstić information content (AvgIpc) is 2.29. The van der Waals surface area contributed by atoms with Gasteiger partial charge in [-0.3, -0.25) is 9.59 Å². The summed E-state index contributed by atoms with van der Waals surface area (Å²) < 4.78 is 22.5. The predicted molar refractivity (Wildman–Crippen MR) is 54.1 cm³/mol. The van der Waals surface area contributed by atoms with Crippen LogP contribution in [0.1, 0.15) is 15.9 Å². The number of carbonyl (C=O) groups excluding carboxylic acids is 2. The highest BCUT2D eigenvalue weighted by Crippen LogP contribution is 2.21. The molecule has 0 fully saturated rings. The summed E-state index contributed by atoms with van der Waals surface area (Å²) in [4.78, 5) is 21.8. The van der Waals surface area contributed by atoms with E-state index in [1.165, 1.54) is 20.3 Å². The molecule has 0 N–H and O–H groups in total. The maximum absolute atomic E-state index is 13.3. The number of carbonyl (C=O) groups is 2. The largest absolute Gasteiger partial charge is 0.494 e. The Labute approximate surface area is 92.0 Å². The van der Waals surface area contributed by atoms with Crippen molar-refractivity contribution in [1.82, 2.24) is 0 Å². The van der Waals surface area contributed by atoms with E-state index in [0.29, 0.717) is 6.29 Å². The van der Waals surface area contributed by atoms with Crippen LogP contribution in [0.4, 0.5) is 4.39 Å². The van der Waals surface area contributed by atoms with Gasteiger partial charge in [0.1, 0.15) is 6.29 Å². The van der Waals surface area contributed by atoms with Crippen molar-refractivity contribution in [2.45, 2.75) is 6.42 Å². The lowest BCUT2D eigenvalue weighted by molar-refractivity contribution is -0.139. The first-order valence-corrected chi connectivity index (χ1v) is 4.50. The number of methoxy groups -OCH3 is 2. The fourth-order valence-corrected chi connectivity index (χ4v) is 1.26. The Balaban J connectivity index is 3.12. The molecule has 86 valence electrons. The zero-order valence-corrected chi connectivity index (χ0v) is 8.95. The first kappa shape index (κ1) is 12.2. The normalized spacial score (nSPS) is 9.69. The Morgan fingerprint density at radius 2 is 2.12 bits per heavy atom. The molecule has 0 aromatic heterocycles. The van der Waals surface area contributed by atoms with Crippen LogP contribution in [0.2, 0.25) is 0 Å². The van der Waals surface area contributed by atoms with E-state index in [0.717, 1.165) is 6.07 Å². The summed E-state index contributed by atoms with van der Waals surface area (Å²) in [6.45, 7) is 0. The highest BCUT2D eigenvalue weighted by atomic mass is 19.1. The number of halogens is 1. The van der Waals surface area contributed by atoms with Crippen LogP contribution in [0.15, 0.2) is 12.1 Å². The molecule has 4 nitrogen and oxygen atoms in total. The Bertz CT molecular complexity index is 415. The van der Waals surface area contributed by atoms with Crippen molar-refractivity contribution in [3.05, 3.63) is 29.1 Å². The van der Waals surface area contributed by atoms with Gasteiger partial charge >= 0.3 is 5.97 Å². The molecule has 5 heteroatoms. The predicted octanol–water partition coefficient (Wildman–Crippen LogP) is 1.36. The van der Waals surface area contributed by atoms with Crippen molar-refractivity contribution in [2.75, 3.05) is 14.2 Å². The zero-order chi connectivity index (χ0) is 12.1. The maximum Gasteiger partial charge on any atom is 0.310 e. The van der Waals surface area contributed by atoms with Crippen molar-refractivity contribution in [3.63, 3.8) is 0 Å². The molecule has 0 radical (unpaired) electrons. The van der Waals surface area contributed by atoms with Gasteiger partial charge in [-0.15, -0.1) is 0 Å². The minimum absolute atomic E-state index is 0.0317. The van der Waals surface area contributed by atoms with Crippen LogP contribution in [-0.4, -0.2) is 26.5 Å². The van der Waals surface area contributed by atoms with Crippen LogP contribution in [0.5, 0.6) is 5.75 Å². The quantitative estimate of drug-likeness (QED) is 0.574. The van der Waals surface area contributed by atoms with E-state index in [4.69, 9.17) is 4.74 Å². The molecule has 0 aliphatic heterocycles. The van der Waals surface area contributed by atoms with Gasteiger partial charge in [0.15, 0.2) is 11.6 Å². The Hall–Kier alpha value is -1.91. The van der Waals surface area contributed by atoms with Crippen molar-refractivity contribution < 1.29 is 23.5 Å².